The average Bonchev–Trinajstić information content (AvgIpc) is 2.19. The van der Waals surface area contributed by atoms with Crippen LogP contribution in [-0.4, -0.2) is 20.5 Å². The normalized spacial score (nSPS) is 12.1. The number of halogens is 3. The first-order chi connectivity index (χ1) is 8.03. The summed E-state index contributed by atoms with van der Waals surface area (Å²) in [7, 11) is -4.04. The van der Waals surface area contributed by atoms with Gasteiger partial charge in [0.2, 0.25) is 10.0 Å². The predicted octanol–water partition coefficient (Wildman–Crippen LogP) is 1.71. The Hall–Kier alpha value is -0.760. The molecule has 0 aliphatic heterocycles. The highest BCUT2D eigenvalue weighted by Gasteiger charge is 2.23. The summed E-state index contributed by atoms with van der Waals surface area (Å²) in [6.07, 6.45) is 0. The van der Waals surface area contributed by atoms with Gasteiger partial charge in [0.1, 0.15) is 16.5 Å². The Bertz CT molecular complexity index is 557. The van der Waals surface area contributed by atoms with E-state index in [9.17, 15) is 17.2 Å². The molecule has 8 heteroatoms. The number of benzene rings is 1. The second kappa shape index (κ2) is 6.13. The molecule has 1 rings (SSSR count). The van der Waals surface area contributed by atoms with E-state index >= 15 is 0 Å². The van der Waals surface area contributed by atoms with Crippen LogP contribution >= 0.6 is 12.4 Å². The number of sulfonamides is 1. The van der Waals surface area contributed by atoms with Crippen LogP contribution in [0.1, 0.15) is 19.4 Å². The molecule has 4 nitrogen and oxygen atoms in total. The highest BCUT2D eigenvalue weighted by molar-refractivity contribution is 7.89. The van der Waals surface area contributed by atoms with Crippen LogP contribution in [0, 0.1) is 18.6 Å². The summed E-state index contributed by atoms with van der Waals surface area (Å²) in [5.74, 6) is -1.91. The van der Waals surface area contributed by atoms with Crippen molar-refractivity contribution in [2.24, 2.45) is 5.73 Å². The Balaban J connectivity index is 0.00000324. The molecule has 0 unspecified atom stereocenters. The second-order valence-corrected chi connectivity index (χ2v) is 6.58. The van der Waals surface area contributed by atoms with Crippen molar-refractivity contribution in [2.45, 2.75) is 31.2 Å². The average molecular weight is 315 g/mol. The molecule has 110 valence electrons. The van der Waals surface area contributed by atoms with Crippen LogP contribution in [0.3, 0.4) is 0 Å². The largest absolute Gasteiger partial charge is 0.324 e. The smallest absolute Gasteiger partial charge is 0.243 e. The van der Waals surface area contributed by atoms with E-state index in [0.717, 1.165) is 6.07 Å². The maximum Gasteiger partial charge on any atom is 0.243 e. The minimum Gasteiger partial charge on any atom is -0.324 e. The molecule has 3 N–H and O–H groups in total. The molecule has 0 aliphatic rings. The summed E-state index contributed by atoms with van der Waals surface area (Å²) in [4.78, 5) is -0.578. The van der Waals surface area contributed by atoms with Crippen molar-refractivity contribution in [3.8, 4) is 0 Å². The lowest BCUT2D eigenvalue weighted by atomic mass is 10.1. The first kappa shape index (κ1) is 18.2. The molecule has 0 atom stereocenters. The Morgan fingerprint density at radius 2 is 1.79 bits per heavy atom. The van der Waals surface area contributed by atoms with Crippen molar-refractivity contribution < 1.29 is 17.2 Å². The number of hydrogen-bond donors (Lipinski definition) is 2. The van der Waals surface area contributed by atoms with Gasteiger partial charge in [-0.15, -0.1) is 12.4 Å². The lowest BCUT2D eigenvalue weighted by Gasteiger charge is -2.19. The molecular weight excluding hydrogens is 298 g/mol. The van der Waals surface area contributed by atoms with E-state index in [0.29, 0.717) is 6.07 Å². The van der Waals surface area contributed by atoms with Crippen LogP contribution in [-0.2, 0) is 10.0 Å². The quantitative estimate of drug-likeness (QED) is 0.888. The SMILES string of the molecule is Cc1cc(S(=O)(=O)NCC(C)(C)N)c(F)cc1F.Cl. The molecule has 0 saturated heterocycles. The van der Waals surface area contributed by atoms with Gasteiger partial charge in [0.15, 0.2) is 0 Å². The predicted molar refractivity (Wildman–Crippen MR) is 71.8 cm³/mol. The van der Waals surface area contributed by atoms with Gasteiger partial charge < -0.3 is 5.73 Å². The summed E-state index contributed by atoms with van der Waals surface area (Å²) in [6.45, 7) is 4.56. The van der Waals surface area contributed by atoms with Crippen molar-refractivity contribution in [2.75, 3.05) is 6.54 Å². The van der Waals surface area contributed by atoms with Gasteiger partial charge in [-0.25, -0.2) is 21.9 Å². The van der Waals surface area contributed by atoms with E-state index in [1.165, 1.54) is 6.92 Å². The summed E-state index contributed by atoms with van der Waals surface area (Å²) >= 11 is 0. The lowest BCUT2D eigenvalue weighted by molar-refractivity contribution is 0.493. The number of aryl methyl sites for hydroxylation is 1. The molecule has 0 heterocycles. The maximum atomic E-state index is 13.5. The van der Waals surface area contributed by atoms with Crippen molar-refractivity contribution >= 4 is 22.4 Å². The molecule has 0 saturated carbocycles. The Morgan fingerprint density at radius 1 is 1.26 bits per heavy atom. The van der Waals surface area contributed by atoms with Crippen LogP contribution in [0.25, 0.3) is 0 Å². The highest BCUT2D eigenvalue weighted by Crippen LogP contribution is 2.18. The van der Waals surface area contributed by atoms with Crippen LogP contribution in [0.4, 0.5) is 8.78 Å². The van der Waals surface area contributed by atoms with Crippen LogP contribution in [0.15, 0.2) is 17.0 Å². The minimum atomic E-state index is -4.04. The molecule has 0 aromatic heterocycles. The molecule has 0 spiro atoms. The zero-order chi connectivity index (χ0) is 14.1. The van der Waals surface area contributed by atoms with E-state index < -0.39 is 32.1 Å². The standard InChI is InChI=1S/C11H16F2N2O2S.ClH/c1-7-4-10(9(13)5-8(7)12)18(16,17)15-6-11(2,3)14;/h4-5,15H,6,14H2,1-3H3;1H. The van der Waals surface area contributed by atoms with Gasteiger partial charge in [0.05, 0.1) is 0 Å². The number of nitrogens with two attached hydrogens (primary N) is 1. The molecular formula is C11H17ClF2N2O2S. The fourth-order valence-corrected chi connectivity index (χ4v) is 2.56. The Morgan fingerprint density at radius 3 is 2.26 bits per heavy atom. The third-order valence-electron chi connectivity index (χ3n) is 2.22. The lowest BCUT2D eigenvalue weighted by Crippen LogP contribution is -2.45. The molecule has 19 heavy (non-hydrogen) atoms. The molecule has 1 aromatic carbocycles. The van der Waals surface area contributed by atoms with Gasteiger partial charge in [0, 0.05) is 18.2 Å². The van der Waals surface area contributed by atoms with E-state index in [1.54, 1.807) is 13.8 Å². The topological polar surface area (TPSA) is 72.2 Å². The third kappa shape index (κ3) is 5.02. The molecule has 0 aliphatic carbocycles. The van der Waals surface area contributed by atoms with Gasteiger partial charge >= 0.3 is 0 Å². The van der Waals surface area contributed by atoms with Crippen molar-refractivity contribution in [3.63, 3.8) is 0 Å². The van der Waals surface area contributed by atoms with Gasteiger partial charge in [-0.2, -0.15) is 0 Å². The van der Waals surface area contributed by atoms with E-state index in [1.807, 2.05) is 0 Å². The van der Waals surface area contributed by atoms with Crippen LogP contribution < -0.4 is 10.5 Å². The van der Waals surface area contributed by atoms with Crippen molar-refractivity contribution in [3.05, 3.63) is 29.3 Å². The summed E-state index contributed by atoms with van der Waals surface area (Å²) < 4.78 is 52.4. The van der Waals surface area contributed by atoms with Gasteiger partial charge in [-0.1, -0.05) is 0 Å². The fourth-order valence-electron chi connectivity index (χ4n) is 1.20. The first-order valence-electron chi connectivity index (χ1n) is 5.27. The first-order valence-corrected chi connectivity index (χ1v) is 6.75. The third-order valence-corrected chi connectivity index (χ3v) is 3.64. The number of hydrogen-bond acceptors (Lipinski definition) is 3. The molecule has 0 fully saturated rings. The van der Waals surface area contributed by atoms with E-state index in [-0.39, 0.29) is 24.5 Å². The van der Waals surface area contributed by atoms with Crippen LogP contribution in [0.5, 0.6) is 0 Å². The molecule has 0 radical (unpaired) electrons. The zero-order valence-corrected chi connectivity index (χ0v) is 12.5. The second-order valence-electron chi connectivity index (χ2n) is 4.84. The fraction of sp³-hybridized carbons (Fsp3) is 0.455. The maximum absolute atomic E-state index is 13.5. The Kier molecular flexibility index (Phi) is 5.88. The molecule has 0 amide bonds. The summed E-state index contributed by atoms with van der Waals surface area (Å²) in [5.41, 5.74) is 4.93. The zero-order valence-electron chi connectivity index (χ0n) is 10.8. The Labute approximate surface area is 117 Å². The number of nitrogens with one attached hydrogen (secondary N) is 1. The minimum absolute atomic E-state index is 0. The van der Waals surface area contributed by atoms with Gasteiger partial charge in [-0.05, 0) is 32.4 Å². The van der Waals surface area contributed by atoms with E-state index in [4.69, 9.17) is 5.73 Å². The molecule has 1 aromatic rings. The van der Waals surface area contributed by atoms with Gasteiger partial charge in [0.25, 0.3) is 0 Å². The van der Waals surface area contributed by atoms with Crippen molar-refractivity contribution in [1.82, 2.24) is 4.72 Å². The summed E-state index contributed by atoms with van der Waals surface area (Å²) in [6, 6.07) is 1.51. The van der Waals surface area contributed by atoms with Gasteiger partial charge in [-0.3, -0.25) is 0 Å². The highest BCUT2D eigenvalue weighted by atomic mass is 35.5. The van der Waals surface area contributed by atoms with E-state index in [2.05, 4.69) is 4.72 Å². The van der Waals surface area contributed by atoms with Crippen molar-refractivity contribution in [1.29, 1.82) is 0 Å². The molecule has 0 bridgehead atoms. The monoisotopic (exact) mass is 314 g/mol. The number of rotatable bonds is 4. The summed E-state index contributed by atoms with van der Waals surface area (Å²) in [5, 5.41) is 0. The van der Waals surface area contributed by atoms with Crippen LogP contribution in [0.2, 0.25) is 0 Å².